The molecule has 0 aliphatic carbocycles. The van der Waals surface area contributed by atoms with E-state index in [0.29, 0.717) is 5.75 Å². The fraction of sp³-hybridized carbons (Fsp3) is 0.733. The van der Waals surface area contributed by atoms with Crippen molar-refractivity contribution in [2.45, 2.75) is 52.5 Å². The molecule has 21 heavy (non-hydrogen) atoms. The third-order valence-electron chi connectivity index (χ3n) is 3.03. The van der Waals surface area contributed by atoms with Gasteiger partial charge in [-0.25, -0.2) is 9.97 Å². The number of rotatable bonds is 10. The van der Waals surface area contributed by atoms with Crippen LogP contribution in [0.25, 0.3) is 0 Å². The van der Waals surface area contributed by atoms with Crippen molar-refractivity contribution in [3.63, 3.8) is 0 Å². The third-order valence-corrected chi connectivity index (χ3v) is 3.85. The van der Waals surface area contributed by atoms with E-state index in [-0.39, 0.29) is 6.04 Å². The van der Waals surface area contributed by atoms with Crippen LogP contribution in [0.15, 0.2) is 6.07 Å². The minimum absolute atomic E-state index is 0.248. The Labute approximate surface area is 130 Å². The Hall–Kier alpha value is -1.17. The molecule has 0 bridgehead atoms. The molecule has 120 valence electrons. The first kappa shape index (κ1) is 17.9. The van der Waals surface area contributed by atoms with Gasteiger partial charge in [0.15, 0.2) is 0 Å². The molecule has 1 rings (SSSR count). The molecule has 1 heterocycles. The topological polar surface area (TPSA) is 66.9 Å². The van der Waals surface area contributed by atoms with E-state index in [1.54, 1.807) is 6.26 Å². The number of hydrogen-bond acceptors (Lipinski definition) is 5. The van der Waals surface area contributed by atoms with Crippen LogP contribution in [0.1, 0.15) is 45.9 Å². The van der Waals surface area contributed by atoms with Gasteiger partial charge in [-0.15, -0.1) is 0 Å². The summed E-state index contributed by atoms with van der Waals surface area (Å²) in [5.41, 5.74) is 0. The lowest BCUT2D eigenvalue weighted by Gasteiger charge is -2.16. The van der Waals surface area contributed by atoms with Crippen LogP contribution in [0.2, 0.25) is 0 Å². The monoisotopic (exact) mass is 312 g/mol. The first-order valence-electron chi connectivity index (χ1n) is 7.73. The molecule has 5 nitrogen and oxygen atoms in total. The molecule has 0 radical (unpaired) electrons. The number of nitrogens with one attached hydrogen (secondary N) is 2. The third kappa shape index (κ3) is 7.41. The van der Waals surface area contributed by atoms with Crippen molar-refractivity contribution in [3.05, 3.63) is 11.9 Å². The van der Waals surface area contributed by atoms with Gasteiger partial charge >= 0.3 is 0 Å². The van der Waals surface area contributed by atoms with Crippen molar-refractivity contribution in [2.75, 3.05) is 29.2 Å². The summed E-state index contributed by atoms with van der Waals surface area (Å²) in [5.74, 6) is 3.31. The van der Waals surface area contributed by atoms with E-state index in [9.17, 15) is 4.21 Å². The van der Waals surface area contributed by atoms with Crippen LogP contribution in [0, 0.1) is 0 Å². The molecule has 0 saturated heterocycles. The van der Waals surface area contributed by atoms with Gasteiger partial charge in [0.25, 0.3) is 0 Å². The molecule has 6 heteroatoms. The minimum Gasteiger partial charge on any atom is -0.370 e. The van der Waals surface area contributed by atoms with Crippen LogP contribution in [0.3, 0.4) is 0 Å². The summed E-state index contributed by atoms with van der Waals surface area (Å²) in [6.07, 6.45) is 5.58. The summed E-state index contributed by atoms with van der Waals surface area (Å²) in [6.45, 7) is 7.26. The van der Waals surface area contributed by atoms with Crippen LogP contribution in [0.4, 0.5) is 11.6 Å². The van der Waals surface area contributed by atoms with Crippen molar-refractivity contribution >= 4 is 22.4 Å². The van der Waals surface area contributed by atoms with E-state index in [2.05, 4.69) is 41.4 Å². The highest BCUT2D eigenvalue weighted by Gasteiger charge is 2.08. The van der Waals surface area contributed by atoms with Crippen LogP contribution >= 0.6 is 0 Å². The zero-order chi connectivity index (χ0) is 15.7. The molecule has 2 atom stereocenters. The molecule has 0 aromatic carbocycles. The first-order chi connectivity index (χ1) is 10.0. The molecule has 0 fully saturated rings. The molecular formula is C15H28N4OS. The number of aryl methyl sites for hydroxylation is 1. The van der Waals surface area contributed by atoms with E-state index in [4.69, 9.17) is 0 Å². The Balaban J connectivity index is 2.73. The largest absolute Gasteiger partial charge is 0.370 e. The quantitative estimate of drug-likeness (QED) is 0.695. The van der Waals surface area contributed by atoms with Gasteiger partial charge in [0, 0.05) is 47.9 Å². The van der Waals surface area contributed by atoms with Crippen LogP contribution in [-0.2, 0) is 17.2 Å². The highest BCUT2D eigenvalue weighted by Crippen LogP contribution is 2.14. The predicted octanol–water partition coefficient (Wildman–Crippen LogP) is 2.82. The SMILES string of the molecule is CCCNc1cc(NC(C)CCS(C)=O)nc(CCC)n1. The van der Waals surface area contributed by atoms with Crippen molar-refractivity contribution in [2.24, 2.45) is 0 Å². The van der Waals surface area contributed by atoms with Crippen LogP contribution in [-0.4, -0.2) is 38.8 Å². The fourth-order valence-electron chi connectivity index (χ4n) is 1.92. The van der Waals surface area contributed by atoms with Gasteiger partial charge in [-0.1, -0.05) is 13.8 Å². The maximum Gasteiger partial charge on any atom is 0.133 e. The van der Waals surface area contributed by atoms with Crippen molar-refractivity contribution in [1.82, 2.24) is 9.97 Å². The molecule has 0 spiro atoms. The van der Waals surface area contributed by atoms with Crippen molar-refractivity contribution in [1.29, 1.82) is 0 Å². The summed E-state index contributed by atoms with van der Waals surface area (Å²) >= 11 is 0. The number of nitrogens with zero attached hydrogens (tertiary/aromatic N) is 2. The van der Waals surface area contributed by atoms with E-state index in [0.717, 1.165) is 49.7 Å². The summed E-state index contributed by atoms with van der Waals surface area (Å²) in [6, 6.07) is 2.20. The molecule has 0 amide bonds. The van der Waals surface area contributed by atoms with Gasteiger partial charge < -0.3 is 10.6 Å². The fourth-order valence-corrected chi connectivity index (χ4v) is 2.60. The molecule has 1 aromatic rings. The Morgan fingerprint density at radius 3 is 2.57 bits per heavy atom. The second-order valence-electron chi connectivity index (χ2n) is 5.34. The Morgan fingerprint density at radius 1 is 1.24 bits per heavy atom. The maximum atomic E-state index is 11.2. The molecule has 1 aromatic heterocycles. The minimum atomic E-state index is -0.745. The second-order valence-corrected chi connectivity index (χ2v) is 6.90. The Morgan fingerprint density at radius 2 is 1.95 bits per heavy atom. The smallest absolute Gasteiger partial charge is 0.133 e. The van der Waals surface area contributed by atoms with E-state index in [1.165, 1.54) is 0 Å². The number of hydrogen-bond donors (Lipinski definition) is 2. The average molecular weight is 312 g/mol. The predicted molar refractivity (Wildman–Crippen MR) is 91.4 cm³/mol. The van der Waals surface area contributed by atoms with Crippen LogP contribution < -0.4 is 10.6 Å². The van der Waals surface area contributed by atoms with Gasteiger partial charge in [-0.05, 0) is 26.2 Å². The highest BCUT2D eigenvalue weighted by molar-refractivity contribution is 7.84. The lowest BCUT2D eigenvalue weighted by molar-refractivity contribution is 0.678. The zero-order valence-corrected chi connectivity index (χ0v) is 14.4. The first-order valence-corrected chi connectivity index (χ1v) is 9.46. The molecule has 2 unspecified atom stereocenters. The van der Waals surface area contributed by atoms with Gasteiger partial charge in [0.1, 0.15) is 17.5 Å². The summed E-state index contributed by atoms with van der Waals surface area (Å²) in [7, 11) is -0.745. The summed E-state index contributed by atoms with van der Waals surface area (Å²) in [4.78, 5) is 9.09. The van der Waals surface area contributed by atoms with Crippen LogP contribution in [0.5, 0.6) is 0 Å². The van der Waals surface area contributed by atoms with Gasteiger partial charge in [-0.2, -0.15) is 0 Å². The van der Waals surface area contributed by atoms with Crippen molar-refractivity contribution in [3.8, 4) is 0 Å². The average Bonchev–Trinajstić information content (AvgIpc) is 2.43. The molecule has 0 aliphatic heterocycles. The molecular weight excluding hydrogens is 284 g/mol. The lowest BCUT2D eigenvalue weighted by atomic mass is 10.2. The standard InChI is InChI=1S/C15H28N4OS/c1-5-7-13-18-14(16-9-6-2)11-15(19-13)17-12(3)8-10-21(4)20/h11-12H,5-10H2,1-4H3,(H2,16,17,18,19). The highest BCUT2D eigenvalue weighted by atomic mass is 32.2. The Kier molecular flexibility index (Phi) is 8.27. The molecule has 0 aliphatic rings. The number of aromatic nitrogens is 2. The van der Waals surface area contributed by atoms with Gasteiger partial charge in [-0.3, -0.25) is 4.21 Å². The van der Waals surface area contributed by atoms with Gasteiger partial charge in [0.2, 0.25) is 0 Å². The number of anilines is 2. The normalized spacial score (nSPS) is 13.7. The van der Waals surface area contributed by atoms with E-state index in [1.807, 2.05) is 6.07 Å². The molecule has 0 saturated carbocycles. The lowest BCUT2D eigenvalue weighted by Crippen LogP contribution is -2.19. The maximum absolute atomic E-state index is 11.2. The van der Waals surface area contributed by atoms with E-state index >= 15 is 0 Å². The van der Waals surface area contributed by atoms with E-state index < -0.39 is 10.8 Å². The zero-order valence-electron chi connectivity index (χ0n) is 13.6. The summed E-state index contributed by atoms with van der Waals surface area (Å²) < 4.78 is 11.2. The van der Waals surface area contributed by atoms with Gasteiger partial charge in [0.05, 0.1) is 0 Å². The van der Waals surface area contributed by atoms with Crippen molar-refractivity contribution < 1.29 is 4.21 Å². The molecule has 2 N–H and O–H groups in total. The Bertz CT molecular complexity index is 453. The second kappa shape index (κ2) is 9.71. The summed E-state index contributed by atoms with van der Waals surface area (Å²) in [5, 5.41) is 6.70.